The van der Waals surface area contributed by atoms with E-state index in [0.29, 0.717) is 11.8 Å². The average Bonchev–Trinajstić information content (AvgIpc) is 2.76. The molecule has 1 heterocycles. The molecule has 1 aromatic carbocycles. The topological polar surface area (TPSA) is 41.5 Å². The molecule has 4 heteroatoms. The van der Waals surface area contributed by atoms with Gasteiger partial charge in [0.15, 0.2) is 0 Å². The Morgan fingerprint density at radius 2 is 2.12 bits per heavy atom. The normalized spacial score (nSPS) is 23.9. The minimum absolute atomic E-state index is 0. The second kappa shape index (κ2) is 6.09. The molecule has 0 radical (unpaired) electrons. The number of methoxy groups -OCH3 is 1. The van der Waals surface area contributed by atoms with E-state index in [-0.39, 0.29) is 19.0 Å². The minimum atomic E-state index is 0. The highest BCUT2D eigenvalue weighted by Gasteiger charge is 2.29. The third-order valence-electron chi connectivity index (χ3n) is 3.11. The smallest absolute Gasteiger partial charge is 0.122 e. The molecule has 2 N–H and O–H groups in total. The largest absolute Gasteiger partial charge is 0.496 e. The highest BCUT2D eigenvalue weighted by molar-refractivity contribution is 5.85. The number of nitrogens with one attached hydrogen (secondary N) is 1. The van der Waals surface area contributed by atoms with Crippen molar-refractivity contribution >= 4 is 12.4 Å². The maximum atomic E-state index is 9.28. The van der Waals surface area contributed by atoms with Gasteiger partial charge in [-0.05, 0) is 11.6 Å². The van der Waals surface area contributed by atoms with Gasteiger partial charge in [0.05, 0.1) is 7.11 Å². The number of halogens is 1. The van der Waals surface area contributed by atoms with Gasteiger partial charge in [-0.1, -0.05) is 18.2 Å². The number of rotatable bonds is 3. The van der Waals surface area contributed by atoms with Crippen LogP contribution in [0.5, 0.6) is 5.75 Å². The summed E-state index contributed by atoms with van der Waals surface area (Å²) in [5, 5.41) is 12.6. The van der Waals surface area contributed by atoms with E-state index in [0.717, 1.165) is 18.8 Å². The van der Waals surface area contributed by atoms with E-state index in [2.05, 4.69) is 11.4 Å². The zero-order valence-corrected chi connectivity index (χ0v) is 10.2. The van der Waals surface area contributed by atoms with Crippen molar-refractivity contribution in [1.29, 1.82) is 0 Å². The number of aliphatic hydroxyl groups excluding tert-OH is 1. The lowest BCUT2D eigenvalue weighted by molar-refractivity contribution is 0.225. The van der Waals surface area contributed by atoms with E-state index in [1.54, 1.807) is 7.11 Å². The summed E-state index contributed by atoms with van der Waals surface area (Å²) in [6, 6.07) is 8.05. The zero-order valence-electron chi connectivity index (χ0n) is 9.35. The second-order valence-electron chi connectivity index (χ2n) is 3.95. The molecule has 2 rings (SSSR count). The van der Waals surface area contributed by atoms with E-state index in [1.807, 2.05) is 18.2 Å². The van der Waals surface area contributed by atoms with Crippen LogP contribution in [-0.2, 0) is 0 Å². The monoisotopic (exact) mass is 243 g/mol. The molecule has 2 atom stereocenters. The number of ether oxygens (including phenoxy) is 1. The molecule has 0 bridgehead atoms. The van der Waals surface area contributed by atoms with Gasteiger partial charge in [0, 0.05) is 31.5 Å². The molecule has 0 saturated carbocycles. The SMILES string of the molecule is COc1ccccc1[C@@H]1CNC[C@H]1CO.Cl. The summed E-state index contributed by atoms with van der Waals surface area (Å²) in [7, 11) is 1.69. The summed E-state index contributed by atoms with van der Waals surface area (Å²) in [4.78, 5) is 0. The van der Waals surface area contributed by atoms with Gasteiger partial charge in [-0.2, -0.15) is 0 Å². The highest BCUT2D eigenvalue weighted by Crippen LogP contribution is 2.33. The number of para-hydroxylation sites is 1. The van der Waals surface area contributed by atoms with Crippen LogP contribution in [0.2, 0.25) is 0 Å². The van der Waals surface area contributed by atoms with E-state index in [4.69, 9.17) is 4.74 Å². The lowest BCUT2D eigenvalue weighted by Gasteiger charge is -2.19. The number of hydrogen-bond donors (Lipinski definition) is 2. The van der Waals surface area contributed by atoms with Gasteiger partial charge >= 0.3 is 0 Å². The summed E-state index contributed by atoms with van der Waals surface area (Å²) in [5.41, 5.74) is 1.20. The molecule has 0 amide bonds. The molecule has 0 aliphatic carbocycles. The molecule has 0 spiro atoms. The van der Waals surface area contributed by atoms with Crippen LogP contribution in [-0.4, -0.2) is 31.9 Å². The first kappa shape index (κ1) is 13.3. The Morgan fingerprint density at radius 3 is 2.81 bits per heavy atom. The predicted octanol–water partition coefficient (Wildman–Crippen LogP) is 1.41. The summed E-state index contributed by atoms with van der Waals surface area (Å²) >= 11 is 0. The van der Waals surface area contributed by atoms with Crippen LogP contribution in [0.25, 0.3) is 0 Å². The molecule has 1 aliphatic rings. The van der Waals surface area contributed by atoms with Gasteiger partial charge in [0.2, 0.25) is 0 Å². The third-order valence-corrected chi connectivity index (χ3v) is 3.11. The lowest BCUT2D eigenvalue weighted by atomic mass is 9.89. The van der Waals surface area contributed by atoms with Crippen LogP contribution in [0.3, 0.4) is 0 Å². The Kier molecular flexibility index (Phi) is 5.06. The molecule has 1 aliphatic heterocycles. The van der Waals surface area contributed by atoms with Crippen LogP contribution < -0.4 is 10.1 Å². The Morgan fingerprint density at radius 1 is 1.38 bits per heavy atom. The molecular weight excluding hydrogens is 226 g/mol. The Hall–Kier alpha value is -0.770. The lowest BCUT2D eigenvalue weighted by Crippen LogP contribution is -2.15. The van der Waals surface area contributed by atoms with E-state index < -0.39 is 0 Å². The maximum Gasteiger partial charge on any atom is 0.122 e. The molecule has 1 fully saturated rings. The van der Waals surface area contributed by atoms with Crippen LogP contribution in [0.4, 0.5) is 0 Å². The van der Waals surface area contributed by atoms with Crippen LogP contribution >= 0.6 is 12.4 Å². The van der Waals surface area contributed by atoms with Crippen molar-refractivity contribution in [3.05, 3.63) is 29.8 Å². The molecule has 1 aromatic rings. The molecule has 0 aromatic heterocycles. The van der Waals surface area contributed by atoms with Gasteiger partial charge in [0.1, 0.15) is 5.75 Å². The molecular formula is C12H18ClNO2. The second-order valence-corrected chi connectivity index (χ2v) is 3.95. The number of aliphatic hydroxyl groups is 1. The minimum Gasteiger partial charge on any atom is -0.496 e. The molecule has 0 unspecified atom stereocenters. The van der Waals surface area contributed by atoms with Crippen LogP contribution in [0, 0.1) is 5.92 Å². The highest BCUT2D eigenvalue weighted by atomic mass is 35.5. The molecule has 3 nitrogen and oxygen atoms in total. The Labute approximate surface area is 102 Å². The van der Waals surface area contributed by atoms with E-state index in [1.165, 1.54) is 5.56 Å². The van der Waals surface area contributed by atoms with Crippen molar-refractivity contribution in [3.8, 4) is 5.75 Å². The summed E-state index contributed by atoms with van der Waals surface area (Å²) in [6.07, 6.45) is 0. The van der Waals surface area contributed by atoms with Crippen molar-refractivity contribution in [2.75, 3.05) is 26.8 Å². The standard InChI is InChI=1S/C12H17NO2.ClH/c1-15-12-5-3-2-4-10(12)11-7-13-6-9(11)8-14;/h2-5,9,11,13-14H,6-8H2,1H3;1H/t9-,11+;/m0./s1. The van der Waals surface area contributed by atoms with Gasteiger partial charge in [-0.15, -0.1) is 12.4 Å². The zero-order chi connectivity index (χ0) is 10.7. The average molecular weight is 244 g/mol. The van der Waals surface area contributed by atoms with Crippen molar-refractivity contribution in [3.63, 3.8) is 0 Å². The van der Waals surface area contributed by atoms with Gasteiger partial charge < -0.3 is 15.2 Å². The van der Waals surface area contributed by atoms with E-state index >= 15 is 0 Å². The first-order valence-corrected chi connectivity index (χ1v) is 5.31. The quantitative estimate of drug-likeness (QED) is 0.844. The predicted molar refractivity (Wildman–Crippen MR) is 66.4 cm³/mol. The Bertz CT molecular complexity index is 333. The van der Waals surface area contributed by atoms with Crippen molar-refractivity contribution in [1.82, 2.24) is 5.32 Å². The van der Waals surface area contributed by atoms with Crippen molar-refractivity contribution in [2.24, 2.45) is 5.92 Å². The molecule has 90 valence electrons. The molecule has 16 heavy (non-hydrogen) atoms. The number of hydrogen-bond acceptors (Lipinski definition) is 3. The summed E-state index contributed by atoms with van der Waals surface area (Å²) in [6.45, 7) is 2.04. The Balaban J connectivity index is 0.00000128. The first-order chi connectivity index (χ1) is 7.36. The van der Waals surface area contributed by atoms with Gasteiger partial charge in [0.25, 0.3) is 0 Å². The number of benzene rings is 1. The first-order valence-electron chi connectivity index (χ1n) is 5.31. The van der Waals surface area contributed by atoms with Crippen LogP contribution in [0.15, 0.2) is 24.3 Å². The van der Waals surface area contributed by atoms with Gasteiger partial charge in [-0.3, -0.25) is 0 Å². The fraction of sp³-hybridized carbons (Fsp3) is 0.500. The summed E-state index contributed by atoms with van der Waals surface area (Å²) in [5.74, 6) is 1.59. The molecule has 1 saturated heterocycles. The van der Waals surface area contributed by atoms with Gasteiger partial charge in [-0.25, -0.2) is 0 Å². The van der Waals surface area contributed by atoms with Crippen molar-refractivity contribution in [2.45, 2.75) is 5.92 Å². The van der Waals surface area contributed by atoms with Crippen LogP contribution in [0.1, 0.15) is 11.5 Å². The maximum absolute atomic E-state index is 9.28. The van der Waals surface area contributed by atoms with E-state index in [9.17, 15) is 5.11 Å². The fourth-order valence-corrected chi connectivity index (χ4v) is 2.26. The third kappa shape index (κ3) is 2.48. The fourth-order valence-electron chi connectivity index (χ4n) is 2.26. The summed E-state index contributed by atoms with van der Waals surface area (Å²) < 4.78 is 5.34. The van der Waals surface area contributed by atoms with Crippen molar-refractivity contribution < 1.29 is 9.84 Å².